The van der Waals surface area contributed by atoms with Crippen LogP contribution in [0.5, 0.6) is 11.5 Å². The maximum atomic E-state index is 12.0. The van der Waals surface area contributed by atoms with Crippen LogP contribution in [-0.4, -0.2) is 27.9 Å². The summed E-state index contributed by atoms with van der Waals surface area (Å²) in [6, 6.07) is 6.45. The first kappa shape index (κ1) is 15.1. The first-order valence-corrected chi connectivity index (χ1v) is 7.16. The van der Waals surface area contributed by atoms with Crippen molar-refractivity contribution in [3.05, 3.63) is 18.2 Å². The Balaban J connectivity index is 3.09. The van der Waals surface area contributed by atoms with Gasteiger partial charge in [-0.25, -0.2) is 8.42 Å². The average Bonchev–Trinajstić information content (AvgIpc) is 2.39. The minimum absolute atomic E-state index is 0.213. The highest BCUT2D eigenvalue weighted by Crippen LogP contribution is 2.30. The summed E-state index contributed by atoms with van der Waals surface area (Å²) in [5.74, 6) is 0.878. The summed E-state index contributed by atoms with van der Waals surface area (Å²) >= 11 is 0. The van der Waals surface area contributed by atoms with E-state index < -0.39 is 15.3 Å². The van der Waals surface area contributed by atoms with Crippen molar-refractivity contribution in [1.29, 1.82) is 5.26 Å². The molecule has 0 heterocycles. The zero-order chi connectivity index (χ0) is 14.5. The van der Waals surface area contributed by atoms with Gasteiger partial charge in [-0.1, -0.05) is 6.92 Å². The van der Waals surface area contributed by atoms with Crippen molar-refractivity contribution in [3.8, 4) is 17.6 Å². The van der Waals surface area contributed by atoms with Crippen LogP contribution in [0.3, 0.4) is 0 Å². The molecule has 0 radical (unpaired) electrons. The number of nitriles is 1. The van der Waals surface area contributed by atoms with Crippen LogP contribution >= 0.6 is 0 Å². The summed E-state index contributed by atoms with van der Waals surface area (Å²) in [4.78, 5) is 0. The van der Waals surface area contributed by atoms with Gasteiger partial charge in [-0.15, -0.1) is 0 Å². The largest absolute Gasteiger partial charge is 0.497 e. The van der Waals surface area contributed by atoms with Gasteiger partial charge >= 0.3 is 0 Å². The lowest BCUT2D eigenvalue weighted by Gasteiger charge is -2.14. The molecule has 0 bridgehead atoms. The lowest BCUT2D eigenvalue weighted by molar-refractivity contribution is 0.395. The van der Waals surface area contributed by atoms with Crippen LogP contribution in [0.2, 0.25) is 0 Å². The van der Waals surface area contributed by atoms with E-state index in [4.69, 9.17) is 14.7 Å². The summed E-state index contributed by atoms with van der Waals surface area (Å²) in [6.45, 7) is 1.64. The van der Waals surface area contributed by atoms with Crippen molar-refractivity contribution in [3.63, 3.8) is 0 Å². The van der Waals surface area contributed by atoms with Crippen LogP contribution in [0.1, 0.15) is 13.3 Å². The maximum Gasteiger partial charge on any atom is 0.249 e. The van der Waals surface area contributed by atoms with Crippen molar-refractivity contribution in [2.24, 2.45) is 0 Å². The van der Waals surface area contributed by atoms with E-state index in [-0.39, 0.29) is 12.1 Å². The number of nitrogens with zero attached hydrogens (tertiary/aromatic N) is 1. The molecule has 0 saturated heterocycles. The Morgan fingerprint density at radius 2 is 2.05 bits per heavy atom. The van der Waals surface area contributed by atoms with Gasteiger partial charge in [-0.05, 0) is 18.6 Å². The van der Waals surface area contributed by atoms with Crippen LogP contribution < -0.4 is 14.2 Å². The van der Waals surface area contributed by atoms with Crippen LogP contribution in [-0.2, 0) is 10.0 Å². The average molecular weight is 284 g/mol. The third-order valence-corrected chi connectivity index (χ3v) is 4.24. The molecule has 0 saturated carbocycles. The van der Waals surface area contributed by atoms with Gasteiger partial charge in [-0.3, -0.25) is 4.72 Å². The number of rotatable bonds is 6. The third-order valence-electron chi connectivity index (χ3n) is 2.55. The van der Waals surface area contributed by atoms with E-state index in [9.17, 15) is 8.42 Å². The first-order chi connectivity index (χ1) is 8.98. The Morgan fingerprint density at radius 3 is 2.53 bits per heavy atom. The number of sulfonamides is 1. The quantitative estimate of drug-likeness (QED) is 0.859. The smallest absolute Gasteiger partial charge is 0.249 e. The lowest BCUT2D eigenvalue weighted by Crippen LogP contribution is -2.26. The second-order valence-electron chi connectivity index (χ2n) is 3.74. The molecule has 0 amide bonds. The monoisotopic (exact) mass is 284 g/mol. The highest BCUT2D eigenvalue weighted by atomic mass is 32.2. The fourth-order valence-electron chi connectivity index (χ4n) is 1.49. The summed E-state index contributed by atoms with van der Waals surface area (Å²) in [6.07, 6.45) is 0.213. The number of methoxy groups -OCH3 is 2. The van der Waals surface area contributed by atoms with Crippen LogP contribution in [0.4, 0.5) is 5.69 Å². The highest BCUT2D eigenvalue weighted by molar-refractivity contribution is 7.93. The van der Waals surface area contributed by atoms with Crippen molar-refractivity contribution >= 4 is 15.7 Å². The van der Waals surface area contributed by atoms with Crippen molar-refractivity contribution in [2.45, 2.75) is 18.6 Å². The molecular weight excluding hydrogens is 268 g/mol. The summed E-state index contributed by atoms with van der Waals surface area (Å²) in [5.41, 5.74) is 0.275. The molecule has 0 aromatic heterocycles. The Bertz CT molecular complexity index is 578. The van der Waals surface area contributed by atoms with Gasteiger partial charge in [0, 0.05) is 6.07 Å². The molecule has 6 nitrogen and oxygen atoms in total. The predicted octanol–water partition coefficient (Wildman–Crippen LogP) is 1.75. The van der Waals surface area contributed by atoms with E-state index >= 15 is 0 Å². The molecule has 104 valence electrons. The van der Waals surface area contributed by atoms with E-state index in [1.165, 1.54) is 20.3 Å². The van der Waals surface area contributed by atoms with Crippen LogP contribution in [0, 0.1) is 11.3 Å². The number of ether oxygens (including phenoxy) is 2. The normalized spacial score (nSPS) is 12.3. The van der Waals surface area contributed by atoms with E-state index in [1.807, 2.05) is 0 Å². The molecule has 1 N–H and O–H groups in total. The van der Waals surface area contributed by atoms with E-state index in [0.29, 0.717) is 11.5 Å². The molecule has 0 aliphatic carbocycles. The molecule has 1 atom stereocenters. The number of hydrogen-bond acceptors (Lipinski definition) is 5. The second kappa shape index (κ2) is 6.29. The standard InChI is InChI=1S/C12H16N2O4S/c1-4-10(8-13)19(15,16)14-11-6-5-9(17-2)7-12(11)18-3/h5-7,10,14H,4H2,1-3H3. The van der Waals surface area contributed by atoms with Crippen LogP contribution in [0.15, 0.2) is 18.2 Å². The Hall–Kier alpha value is -1.94. The molecular formula is C12H16N2O4S. The molecule has 1 aromatic rings. The second-order valence-corrected chi connectivity index (χ2v) is 5.60. The summed E-state index contributed by atoms with van der Waals surface area (Å²) < 4.78 is 36.4. The molecule has 1 aromatic carbocycles. The van der Waals surface area contributed by atoms with Crippen LogP contribution in [0.25, 0.3) is 0 Å². The third kappa shape index (κ3) is 3.51. The zero-order valence-electron chi connectivity index (χ0n) is 11.0. The van der Waals surface area contributed by atoms with Gasteiger partial charge in [0.05, 0.1) is 26.0 Å². The topological polar surface area (TPSA) is 88.4 Å². The zero-order valence-corrected chi connectivity index (χ0v) is 11.8. The SMILES string of the molecule is CCC(C#N)S(=O)(=O)Nc1ccc(OC)cc1OC. The Kier molecular flexibility index (Phi) is 5.01. The molecule has 7 heteroatoms. The van der Waals surface area contributed by atoms with E-state index in [2.05, 4.69) is 4.72 Å². The van der Waals surface area contributed by atoms with Gasteiger partial charge in [-0.2, -0.15) is 5.26 Å². The highest BCUT2D eigenvalue weighted by Gasteiger charge is 2.24. The number of benzene rings is 1. The van der Waals surface area contributed by atoms with Gasteiger partial charge in [0.25, 0.3) is 0 Å². The van der Waals surface area contributed by atoms with Gasteiger partial charge < -0.3 is 9.47 Å². The van der Waals surface area contributed by atoms with Gasteiger partial charge in [0.15, 0.2) is 5.25 Å². The Morgan fingerprint density at radius 1 is 1.37 bits per heavy atom. The molecule has 0 spiro atoms. The number of anilines is 1. The van der Waals surface area contributed by atoms with Gasteiger partial charge in [0.2, 0.25) is 10.0 Å². The fraction of sp³-hybridized carbons (Fsp3) is 0.417. The number of hydrogen-bond donors (Lipinski definition) is 1. The predicted molar refractivity (Wildman–Crippen MR) is 71.8 cm³/mol. The molecule has 0 aliphatic heterocycles. The summed E-state index contributed by atoms with van der Waals surface area (Å²) in [5, 5.41) is 7.73. The fourth-order valence-corrected chi connectivity index (χ4v) is 2.68. The molecule has 19 heavy (non-hydrogen) atoms. The first-order valence-electron chi connectivity index (χ1n) is 5.61. The molecule has 1 rings (SSSR count). The van der Waals surface area contributed by atoms with Crippen molar-refractivity contribution < 1.29 is 17.9 Å². The van der Waals surface area contributed by atoms with E-state index in [1.54, 1.807) is 25.1 Å². The van der Waals surface area contributed by atoms with Crippen molar-refractivity contribution in [1.82, 2.24) is 0 Å². The van der Waals surface area contributed by atoms with Gasteiger partial charge in [0.1, 0.15) is 11.5 Å². The van der Waals surface area contributed by atoms with Crippen molar-refractivity contribution in [2.75, 3.05) is 18.9 Å². The number of nitrogens with one attached hydrogen (secondary N) is 1. The maximum absolute atomic E-state index is 12.0. The minimum atomic E-state index is -3.76. The molecule has 0 fully saturated rings. The molecule has 1 unspecified atom stereocenters. The van der Waals surface area contributed by atoms with E-state index in [0.717, 1.165) is 0 Å². The Labute approximate surface area is 113 Å². The summed E-state index contributed by atoms with van der Waals surface area (Å²) in [7, 11) is -0.833. The minimum Gasteiger partial charge on any atom is -0.497 e. The molecule has 0 aliphatic rings. The lowest BCUT2D eigenvalue weighted by atomic mass is 10.3.